The Morgan fingerprint density at radius 2 is 1.50 bits per heavy atom. The van der Waals surface area contributed by atoms with E-state index in [2.05, 4.69) is 10.2 Å². The highest BCUT2D eigenvalue weighted by Gasteiger charge is 2.19. The average Bonchev–Trinajstić information content (AvgIpc) is 2.68. The molecule has 142 valence electrons. The number of azo groups is 1. The highest BCUT2D eigenvalue weighted by Crippen LogP contribution is 2.36. The lowest BCUT2D eigenvalue weighted by atomic mass is 10.0. The molecule has 0 saturated carbocycles. The van der Waals surface area contributed by atoms with Crippen LogP contribution in [0.3, 0.4) is 0 Å². The van der Waals surface area contributed by atoms with Crippen LogP contribution < -0.4 is 0 Å². The van der Waals surface area contributed by atoms with Gasteiger partial charge in [0.15, 0.2) is 0 Å². The molecular weight excluding hydrogens is 360 g/mol. The lowest BCUT2D eigenvalue weighted by Gasteiger charge is -2.08. The molecule has 0 heterocycles. The first-order valence-electron chi connectivity index (χ1n) is 8.50. The van der Waals surface area contributed by atoms with Crippen molar-refractivity contribution in [2.75, 3.05) is 6.61 Å². The van der Waals surface area contributed by atoms with Crippen LogP contribution in [-0.2, 0) is 6.42 Å². The van der Waals surface area contributed by atoms with Crippen LogP contribution >= 0.6 is 0 Å². The van der Waals surface area contributed by atoms with E-state index in [9.17, 15) is 20.1 Å². The Morgan fingerprint density at radius 1 is 0.786 bits per heavy atom. The Balaban J connectivity index is 1.91. The van der Waals surface area contributed by atoms with E-state index in [1.807, 2.05) is 0 Å². The van der Waals surface area contributed by atoms with Gasteiger partial charge in [0.25, 0.3) is 0 Å². The maximum Gasteiger partial charge on any atom is 0.200 e. The minimum absolute atomic E-state index is 0.00370. The molecule has 0 amide bonds. The first-order valence-corrected chi connectivity index (χ1v) is 8.50. The van der Waals surface area contributed by atoms with Gasteiger partial charge in [-0.15, -0.1) is 5.11 Å². The Kier molecular flexibility index (Phi) is 5.67. The zero-order chi connectivity index (χ0) is 20.1. The molecule has 4 N–H and O–H groups in total. The van der Waals surface area contributed by atoms with Gasteiger partial charge in [-0.25, -0.2) is 0 Å². The molecule has 0 spiro atoms. The molecule has 0 aliphatic rings. The van der Waals surface area contributed by atoms with E-state index in [0.717, 1.165) is 11.6 Å². The summed E-state index contributed by atoms with van der Waals surface area (Å²) in [7, 11) is 0. The van der Waals surface area contributed by atoms with Crippen molar-refractivity contribution in [1.29, 1.82) is 0 Å². The number of phenols is 3. The van der Waals surface area contributed by atoms with Crippen molar-refractivity contribution in [3.05, 3.63) is 77.4 Å². The van der Waals surface area contributed by atoms with E-state index in [4.69, 9.17) is 5.11 Å². The molecule has 3 aromatic rings. The van der Waals surface area contributed by atoms with Gasteiger partial charge in [-0.3, -0.25) is 4.79 Å². The van der Waals surface area contributed by atoms with Gasteiger partial charge in [-0.2, -0.15) is 5.11 Å². The third-order valence-corrected chi connectivity index (χ3v) is 4.10. The number of carbonyl (C=O) groups excluding carboxylic acids is 1. The molecule has 0 aliphatic heterocycles. The van der Waals surface area contributed by atoms with Crippen LogP contribution in [0.25, 0.3) is 0 Å². The van der Waals surface area contributed by atoms with E-state index >= 15 is 0 Å². The number of ketones is 1. The fraction of sp³-hybridized carbons (Fsp3) is 0.0952. The second-order valence-electron chi connectivity index (χ2n) is 6.04. The second-order valence-corrected chi connectivity index (χ2v) is 6.04. The molecule has 0 unspecified atom stereocenters. The number of benzene rings is 3. The van der Waals surface area contributed by atoms with Gasteiger partial charge in [0, 0.05) is 12.7 Å². The third kappa shape index (κ3) is 4.16. The molecule has 3 aromatic carbocycles. The Hall–Kier alpha value is -3.71. The highest BCUT2D eigenvalue weighted by molar-refractivity contribution is 6.12. The summed E-state index contributed by atoms with van der Waals surface area (Å²) in [5.41, 5.74) is 1.36. The maximum absolute atomic E-state index is 12.6. The number of phenolic OH excluding ortho intramolecular Hbond substituents is 3. The first kappa shape index (κ1) is 19.1. The largest absolute Gasteiger partial charge is 0.507 e. The lowest BCUT2D eigenvalue weighted by Crippen LogP contribution is -2.02. The zero-order valence-corrected chi connectivity index (χ0v) is 14.8. The van der Waals surface area contributed by atoms with Crippen molar-refractivity contribution in [2.24, 2.45) is 10.2 Å². The quantitative estimate of drug-likeness (QED) is 0.382. The Morgan fingerprint density at radius 3 is 2.18 bits per heavy atom. The number of aliphatic hydroxyl groups is 1. The number of nitrogens with zero attached hydrogens (tertiary/aromatic N) is 2. The molecule has 0 bridgehead atoms. The van der Waals surface area contributed by atoms with Crippen LogP contribution in [0.4, 0.5) is 11.4 Å². The van der Waals surface area contributed by atoms with Gasteiger partial charge < -0.3 is 20.4 Å². The summed E-state index contributed by atoms with van der Waals surface area (Å²) in [4.78, 5) is 12.6. The topological polar surface area (TPSA) is 123 Å². The molecule has 0 saturated heterocycles. The zero-order valence-electron chi connectivity index (χ0n) is 14.8. The van der Waals surface area contributed by atoms with Crippen LogP contribution in [-0.4, -0.2) is 32.8 Å². The normalized spacial score (nSPS) is 11.0. The fourth-order valence-electron chi connectivity index (χ4n) is 2.61. The highest BCUT2D eigenvalue weighted by atomic mass is 16.3. The molecule has 3 rings (SSSR count). The summed E-state index contributed by atoms with van der Waals surface area (Å²) < 4.78 is 0. The van der Waals surface area contributed by atoms with Gasteiger partial charge in [0.05, 0.1) is 16.8 Å². The van der Waals surface area contributed by atoms with Crippen molar-refractivity contribution < 1.29 is 25.2 Å². The average molecular weight is 378 g/mol. The predicted octanol–water partition coefficient (Wildman–Crippen LogP) is 3.98. The first-order chi connectivity index (χ1) is 13.5. The number of hydrogen-bond acceptors (Lipinski definition) is 7. The number of hydrogen-bond donors (Lipinski definition) is 4. The van der Waals surface area contributed by atoms with Crippen molar-refractivity contribution in [2.45, 2.75) is 6.42 Å². The van der Waals surface area contributed by atoms with Crippen LogP contribution in [0, 0.1) is 0 Å². The van der Waals surface area contributed by atoms with Crippen LogP contribution in [0.2, 0.25) is 0 Å². The fourth-order valence-corrected chi connectivity index (χ4v) is 2.61. The molecule has 0 radical (unpaired) electrons. The third-order valence-electron chi connectivity index (χ3n) is 4.10. The summed E-state index contributed by atoms with van der Waals surface area (Å²) in [6, 6.07) is 15.2. The molecule has 7 heteroatoms. The summed E-state index contributed by atoms with van der Waals surface area (Å²) in [5, 5.41) is 46.8. The van der Waals surface area contributed by atoms with E-state index in [-0.39, 0.29) is 34.9 Å². The van der Waals surface area contributed by atoms with E-state index in [1.54, 1.807) is 36.4 Å². The van der Waals surface area contributed by atoms with E-state index in [1.165, 1.54) is 18.2 Å². The maximum atomic E-state index is 12.6. The number of aliphatic hydroxyl groups excluding tert-OH is 1. The molecule has 0 aliphatic carbocycles. The minimum atomic E-state index is -0.611. The van der Waals surface area contributed by atoms with Crippen LogP contribution in [0.15, 0.2) is 70.9 Å². The van der Waals surface area contributed by atoms with Gasteiger partial charge >= 0.3 is 0 Å². The second kappa shape index (κ2) is 8.32. The van der Waals surface area contributed by atoms with Gasteiger partial charge in [-0.1, -0.05) is 24.3 Å². The summed E-state index contributed by atoms with van der Waals surface area (Å²) in [5.74, 6) is -1.60. The molecular formula is C21H18N2O5. The number of rotatable bonds is 6. The Labute approximate surface area is 160 Å². The Bertz CT molecular complexity index is 1030. The lowest BCUT2D eigenvalue weighted by molar-refractivity contribution is 0.103. The molecule has 7 nitrogen and oxygen atoms in total. The molecule has 0 aromatic heterocycles. The summed E-state index contributed by atoms with van der Waals surface area (Å²) >= 11 is 0. The molecule has 0 atom stereocenters. The SMILES string of the molecule is O=C(c1ccccc1O)c1cc(/N=N/c2ccc(CCO)cc2)c(O)cc1O. The molecule has 0 fully saturated rings. The number of aromatic hydroxyl groups is 3. The van der Waals surface area contributed by atoms with Crippen LogP contribution in [0.1, 0.15) is 21.5 Å². The summed E-state index contributed by atoms with van der Waals surface area (Å²) in [6.07, 6.45) is 0.536. The van der Waals surface area contributed by atoms with Crippen molar-refractivity contribution in [1.82, 2.24) is 0 Å². The van der Waals surface area contributed by atoms with Crippen LogP contribution in [0.5, 0.6) is 17.2 Å². The standard InChI is InChI=1S/C21H18N2O5/c24-10-9-13-5-7-14(8-6-13)22-23-17-11-16(19(26)12-20(17)27)21(28)15-3-1-2-4-18(15)25/h1-8,11-12,24-27H,9-10H2/b23-22+. The van der Waals surface area contributed by atoms with Crippen molar-refractivity contribution in [3.8, 4) is 17.2 Å². The van der Waals surface area contributed by atoms with Gasteiger partial charge in [0.1, 0.15) is 22.9 Å². The molecule has 28 heavy (non-hydrogen) atoms. The predicted molar refractivity (Wildman–Crippen MR) is 103 cm³/mol. The van der Waals surface area contributed by atoms with Crippen molar-refractivity contribution >= 4 is 17.2 Å². The van der Waals surface area contributed by atoms with E-state index < -0.39 is 11.5 Å². The monoisotopic (exact) mass is 378 g/mol. The number of para-hydroxylation sites is 1. The van der Waals surface area contributed by atoms with Gasteiger partial charge in [-0.05, 0) is 42.3 Å². The van der Waals surface area contributed by atoms with Gasteiger partial charge in [0.2, 0.25) is 5.78 Å². The van der Waals surface area contributed by atoms with Crippen molar-refractivity contribution in [3.63, 3.8) is 0 Å². The summed E-state index contributed by atoms with van der Waals surface area (Å²) in [6.45, 7) is 0.0516. The number of carbonyl (C=O) groups is 1. The van der Waals surface area contributed by atoms with E-state index in [0.29, 0.717) is 12.1 Å². The minimum Gasteiger partial charge on any atom is -0.507 e. The smallest absolute Gasteiger partial charge is 0.200 e.